The predicted octanol–water partition coefficient (Wildman–Crippen LogP) is 3.02. The average Bonchev–Trinajstić information content (AvgIpc) is 2.30. The molecule has 0 amide bonds. The van der Waals surface area contributed by atoms with Gasteiger partial charge < -0.3 is 5.11 Å². The zero-order valence-electron chi connectivity index (χ0n) is 9.39. The largest absolute Gasteiger partial charge is 0.388 e. The average molecular weight is 190 g/mol. The van der Waals surface area contributed by atoms with Crippen LogP contribution in [0.15, 0.2) is 12.1 Å². The number of aliphatic hydroxyl groups is 1. The van der Waals surface area contributed by atoms with E-state index in [9.17, 15) is 5.11 Å². The van der Waals surface area contributed by atoms with Crippen LogP contribution in [0.1, 0.15) is 48.6 Å². The molecule has 1 aromatic carbocycles. The molecule has 0 spiro atoms. The summed E-state index contributed by atoms with van der Waals surface area (Å²) in [6.07, 6.45) is 0.591. The SMILES string of the molecule is Cc1ccc(C)c2c1[C@H](O)CC2(C)C. The van der Waals surface area contributed by atoms with E-state index in [1.54, 1.807) is 0 Å². The van der Waals surface area contributed by atoms with Crippen molar-refractivity contribution in [3.05, 3.63) is 34.4 Å². The third-order valence-electron chi connectivity index (χ3n) is 3.39. The summed E-state index contributed by atoms with van der Waals surface area (Å²) in [5.41, 5.74) is 5.21. The molecule has 2 rings (SSSR count). The van der Waals surface area contributed by atoms with Crippen LogP contribution in [0.2, 0.25) is 0 Å². The highest BCUT2D eigenvalue weighted by molar-refractivity contribution is 5.49. The van der Waals surface area contributed by atoms with E-state index in [1.807, 2.05) is 0 Å². The summed E-state index contributed by atoms with van der Waals surface area (Å²) in [7, 11) is 0. The first-order valence-corrected chi connectivity index (χ1v) is 5.22. The maximum absolute atomic E-state index is 10.0. The van der Waals surface area contributed by atoms with Crippen LogP contribution < -0.4 is 0 Å². The highest BCUT2D eigenvalue weighted by Crippen LogP contribution is 2.47. The topological polar surface area (TPSA) is 20.2 Å². The van der Waals surface area contributed by atoms with Crippen molar-refractivity contribution in [3.63, 3.8) is 0 Å². The third kappa shape index (κ3) is 1.19. The molecular weight excluding hydrogens is 172 g/mol. The Balaban J connectivity index is 2.73. The van der Waals surface area contributed by atoms with Crippen LogP contribution in [-0.4, -0.2) is 5.11 Å². The highest BCUT2D eigenvalue weighted by Gasteiger charge is 2.37. The molecule has 1 aliphatic rings. The number of hydrogen-bond acceptors (Lipinski definition) is 1. The zero-order chi connectivity index (χ0) is 10.5. The van der Waals surface area contributed by atoms with Gasteiger partial charge in [0, 0.05) is 0 Å². The Kier molecular flexibility index (Phi) is 1.97. The van der Waals surface area contributed by atoms with Crippen LogP contribution >= 0.6 is 0 Å². The van der Waals surface area contributed by atoms with Crippen LogP contribution in [0, 0.1) is 13.8 Å². The molecule has 0 aromatic heterocycles. The van der Waals surface area contributed by atoms with Crippen molar-refractivity contribution in [1.82, 2.24) is 0 Å². The number of fused-ring (bicyclic) bond motifs is 1. The molecule has 76 valence electrons. The minimum Gasteiger partial charge on any atom is -0.388 e. The molecule has 1 atom stereocenters. The number of aliphatic hydroxyl groups excluding tert-OH is 1. The van der Waals surface area contributed by atoms with E-state index in [-0.39, 0.29) is 11.5 Å². The van der Waals surface area contributed by atoms with Crippen molar-refractivity contribution in [1.29, 1.82) is 0 Å². The molecule has 1 heteroatoms. The Bertz CT molecular complexity index is 377. The standard InChI is InChI=1S/C13H18O/c1-8-5-6-9(2)12-11(8)10(14)7-13(12,3)4/h5-6,10,14H,7H2,1-4H3/t10-/m1/s1. The van der Waals surface area contributed by atoms with Gasteiger partial charge in [0.15, 0.2) is 0 Å². The molecule has 0 aliphatic heterocycles. The van der Waals surface area contributed by atoms with Gasteiger partial charge in [-0.3, -0.25) is 0 Å². The van der Waals surface area contributed by atoms with Gasteiger partial charge in [0.2, 0.25) is 0 Å². The summed E-state index contributed by atoms with van der Waals surface area (Å²) in [5, 5.41) is 10.0. The van der Waals surface area contributed by atoms with E-state index in [2.05, 4.69) is 39.8 Å². The number of rotatable bonds is 0. The van der Waals surface area contributed by atoms with Gasteiger partial charge in [0.1, 0.15) is 0 Å². The van der Waals surface area contributed by atoms with E-state index in [0.717, 1.165) is 6.42 Å². The third-order valence-corrected chi connectivity index (χ3v) is 3.39. The van der Waals surface area contributed by atoms with Crippen molar-refractivity contribution in [3.8, 4) is 0 Å². The normalized spacial score (nSPS) is 23.6. The van der Waals surface area contributed by atoms with Crippen molar-refractivity contribution in [2.75, 3.05) is 0 Å². The lowest BCUT2D eigenvalue weighted by atomic mass is 9.83. The summed E-state index contributed by atoms with van der Waals surface area (Å²) in [5.74, 6) is 0. The summed E-state index contributed by atoms with van der Waals surface area (Å²) in [6, 6.07) is 4.27. The quantitative estimate of drug-likeness (QED) is 0.666. The van der Waals surface area contributed by atoms with Crippen molar-refractivity contribution in [2.24, 2.45) is 0 Å². The zero-order valence-corrected chi connectivity index (χ0v) is 9.39. The second-order valence-electron chi connectivity index (χ2n) is 5.09. The predicted molar refractivity (Wildman–Crippen MR) is 58.5 cm³/mol. The van der Waals surface area contributed by atoms with Gasteiger partial charge in [-0.25, -0.2) is 0 Å². The van der Waals surface area contributed by atoms with Gasteiger partial charge >= 0.3 is 0 Å². The number of aryl methyl sites for hydroxylation is 2. The van der Waals surface area contributed by atoms with Crippen LogP contribution in [0.4, 0.5) is 0 Å². The van der Waals surface area contributed by atoms with Crippen molar-refractivity contribution >= 4 is 0 Å². The summed E-state index contributed by atoms with van der Waals surface area (Å²) in [6.45, 7) is 8.66. The van der Waals surface area contributed by atoms with Gasteiger partial charge in [-0.15, -0.1) is 0 Å². The first kappa shape index (κ1) is 9.72. The molecule has 0 bridgehead atoms. The van der Waals surface area contributed by atoms with Crippen LogP contribution in [-0.2, 0) is 5.41 Å². The maximum Gasteiger partial charge on any atom is 0.0803 e. The molecule has 0 fully saturated rings. The second kappa shape index (κ2) is 2.83. The lowest BCUT2D eigenvalue weighted by Crippen LogP contribution is -2.13. The molecule has 1 aliphatic carbocycles. The minimum absolute atomic E-state index is 0.130. The first-order chi connectivity index (χ1) is 6.43. The Labute approximate surface area is 85.8 Å². The molecule has 1 aromatic rings. The van der Waals surface area contributed by atoms with Crippen LogP contribution in [0.3, 0.4) is 0 Å². The molecule has 1 N–H and O–H groups in total. The molecular formula is C13H18O. The minimum atomic E-state index is -0.264. The van der Waals surface area contributed by atoms with E-state index in [4.69, 9.17) is 0 Å². The maximum atomic E-state index is 10.0. The molecule has 0 heterocycles. The molecule has 14 heavy (non-hydrogen) atoms. The van der Waals surface area contributed by atoms with Gasteiger partial charge in [0.25, 0.3) is 0 Å². The van der Waals surface area contributed by atoms with Crippen LogP contribution in [0.25, 0.3) is 0 Å². The Morgan fingerprint density at radius 2 is 1.79 bits per heavy atom. The first-order valence-electron chi connectivity index (χ1n) is 5.22. The Morgan fingerprint density at radius 3 is 2.36 bits per heavy atom. The monoisotopic (exact) mass is 190 g/mol. The number of hydrogen-bond donors (Lipinski definition) is 1. The Hall–Kier alpha value is -0.820. The molecule has 1 nitrogen and oxygen atoms in total. The summed E-state index contributed by atoms with van der Waals surface area (Å²) >= 11 is 0. The highest BCUT2D eigenvalue weighted by atomic mass is 16.3. The summed E-state index contributed by atoms with van der Waals surface area (Å²) < 4.78 is 0. The second-order valence-corrected chi connectivity index (χ2v) is 5.09. The molecule has 0 saturated carbocycles. The lowest BCUT2D eigenvalue weighted by molar-refractivity contribution is 0.161. The van der Waals surface area contributed by atoms with E-state index in [1.165, 1.54) is 22.3 Å². The van der Waals surface area contributed by atoms with E-state index < -0.39 is 0 Å². The van der Waals surface area contributed by atoms with Crippen LogP contribution in [0.5, 0.6) is 0 Å². The van der Waals surface area contributed by atoms with Gasteiger partial charge in [-0.05, 0) is 47.9 Å². The molecule has 0 radical (unpaired) electrons. The van der Waals surface area contributed by atoms with Gasteiger partial charge in [0.05, 0.1) is 6.10 Å². The smallest absolute Gasteiger partial charge is 0.0803 e. The van der Waals surface area contributed by atoms with Crippen molar-refractivity contribution < 1.29 is 5.11 Å². The van der Waals surface area contributed by atoms with E-state index in [0.29, 0.717) is 0 Å². The number of benzene rings is 1. The Morgan fingerprint density at radius 1 is 1.21 bits per heavy atom. The lowest BCUT2D eigenvalue weighted by Gasteiger charge is -2.21. The summed E-state index contributed by atoms with van der Waals surface area (Å²) in [4.78, 5) is 0. The fourth-order valence-corrected chi connectivity index (χ4v) is 2.85. The molecule has 0 saturated heterocycles. The van der Waals surface area contributed by atoms with Crippen molar-refractivity contribution in [2.45, 2.75) is 45.6 Å². The van der Waals surface area contributed by atoms with E-state index >= 15 is 0 Å². The van der Waals surface area contributed by atoms with Gasteiger partial charge in [-0.2, -0.15) is 0 Å². The molecule has 0 unspecified atom stereocenters. The fourth-order valence-electron chi connectivity index (χ4n) is 2.85. The van der Waals surface area contributed by atoms with Gasteiger partial charge in [-0.1, -0.05) is 26.0 Å². The fraction of sp³-hybridized carbons (Fsp3) is 0.538.